The predicted molar refractivity (Wildman–Crippen MR) is 76.4 cm³/mol. The predicted octanol–water partition coefficient (Wildman–Crippen LogP) is 3.03. The van der Waals surface area contributed by atoms with Gasteiger partial charge in [0.15, 0.2) is 0 Å². The molecule has 0 radical (unpaired) electrons. The fraction of sp³-hybridized carbons (Fsp3) is 0.562. The lowest BCUT2D eigenvalue weighted by Crippen LogP contribution is -2.33. The number of amides is 1. The summed E-state index contributed by atoms with van der Waals surface area (Å²) >= 11 is 0. The first-order valence-corrected chi connectivity index (χ1v) is 7.29. The molecule has 0 saturated carbocycles. The number of benzene rings is 1. The third-order valence-corrected chi connectivity index (χ3v) is 3.55. The number of nitrogens with zero attached hydrogens (tertiary/aromatic N) is 1. The highest BCUT2D eigenvalue weighted by molar-refractivity contribution is 5.78. The van der Waals surface area contributed by atoms with E-state index in [-0.39, 0.29) is 5.91 Å². The molecule has 19 heavy (non-hydrogen) atoms. The Morgan fingerprint density at radius 2 is 1.74 bits per heavy atom. The van der Waals surface area contributed by atoms with Gasteiger partial charge < -0.3 is 9.64 Å². The largest absolute Gasteiger partial charge is 0.494 e. The topological polar surface area (TPSA) is 29.5 Å². The minimum atomic E-state index is 0.256. The van der Waals surface area contributed by atoms with Gasteiger partial charge in [-0.3, -0.25) is 4.79 Å². The highest BCUT2D eigenvalue weighted by Crippen LogP contribution is 2.15. The van der Waals surface area contributed by atoms with Gasteiger partial charge in [0.25, 0.3) is 0 Å². The van der Waals surface area contributed by atoms with Crippen LogP contribution in [0.15, 0.2) is 24.3 Å². The zero-order chi connectivity index (χ0) is 13.5. The smallest absolute Gasteiger partial charge is 0.226 e. The molecule has 1 heterocycles. The van der Waals surface area contributed by atoms with Crippen LogP contribution in [0, 0.1) is 0 Å². The van der Waals surface area contributed by atoms with E-state index in [4.69, 9.17) is 4.74 Å². The Morgan fingerprint density at radius 1 is 1.11 bits per heavy atom. The molecular formula is C16H23NO2. The molecule has 0 aromatic heterocycles. The zero-order valence-corrected chi connectivity index (χ0v) is 11.7. The van der Waals surface area contributed by atoms with Gasteiger partial charge >= 0.3 is 0 Å². The van der Waals surface area contributed by atoms with Crippen molar-refractivity contribution in [3.05, 3.63) is 29.8 Å². The van der Waals surface area contributed by atoms with Crippen LogP contribution >= 0.6 is 0 Å². The van der Waals surface area contributed by atoms with Crippen LogP contribution in [0.3, 0.4) is 0 Å². The van der Waals surface area contributed by atoms with E-state index in [0.29, 0.717) is 13.0 Å². The van der Waals surface area contributed by atoms with Gasteiger partial charge in [-0.1, -0.05) is 25.0 Å². The maximum Gasteiger partial charge on any atom is 0.226 e. The lowest BCUT2D eigenvalue weighted by atomic mass is 10.1. The molecule has 3 heteroatoms. The quantitative estimate of drug-likeness (QED) is 0.833. The van der Waals surface area contributed by atoms with E-state index in [2.05, 4.69) is 0 Å². The van der Waals surface area contributed by atoms with Crippen molar-refractivity contribution in [2.24, 2.45) is 0 Å². The summed E-state index contributed by atoms with van der Waals surface area (Å²) in [6, 6.07) is 7.85. The second-order valence-corrected chi connectivity index (χ2v) is 5.05. The van der Waals surface area contributed by atoms with Crippen LogP contribution in [0.1, 0.15) is 38.2 Å². The summed E-state index contributed by atoms with van der Waals surface area (Å²) in [4.78, 5) is 14.2. The van der Waals surface area contributed by atoms with Crippen molar-refractivity contribution in [1.29, 1.82) is 0 Å². The Kier molecular flexibility index (Phi) is 5.25. The monoisotopic (exact) mass is 261 g/mol. The Morgan fingerprint density at radius 3 is 2.32 bits per heavy atom. The van der Waals surface area contributed by atoms with Crippen molar-refractivity contribution in [3.8, 4) is 5.75 Å². The summed E-state index contributed by atoms with van der Waals surface area (Å²) < 4.78 is 5.40. The minimum Gasteiger partial charge on any atom is -0.494 e. The van der Waals surface area contributed by atoms with Crippen molar-refractivity contribution >= 4 is 5.91 Å². The van der Waals surface area contributed by atoms with Gasteiger partial charge in [0.2, 0.25) is 5.91 Å². The van der Waals surface area contributed by atoms with E-state index < -0.39 is 0 Å². The SMILES string of the molecule is CCOc1ccc(CC(=O)N2CCCCCC2)cc1. The van der Waals surface area contributed by atoms with Gasteiger partial charge in [-0.2, -0.15) is 0 Å². The number of carbonyl (C=O) groups excluding carboxylic acids is 1. The fourth-order valence-corrected chi connectivity index (χ4v) is 2.48. The summed E-state index contributed by atoms with van der Waals surface area (Å²) in [6.07, 6.45) is 5.32. The molecule has 2 rings (SSSR count). The summed E-state index contributed by atoms with van der Waals surface area (Å²) in [5.41, 5.74) is 1.07. The van der Waals surface area contributed by atoms with Crippen LogP contribution in [0.2, 0.25) is 0 Å². The Balaban J connectivity index is 1.90. The molecule has 0 bridgehead atoms. The van der Waals surface area contributed by atoms with Gasteiger partial charge in [0, 0.05) is 13.1 Å². The normalized spacial score (nSPS) is 15.9. The van der Waals surface area contributed by atoms with E-state index in [9.17, 15) is 4.79 Å². The average molecular weight is 261 g/mol. The molecule has 1 aromatic rings. The van der Waals surface area contributed by atoms with Crippen LogP contribution in [-0.4, -0.2) is 30.5 Å². The van der Waals surface area contributed by atoms with E-state index in [1.165, 1.54) is 12.8 Å². The summed E-state index contributed by atoms with van der Waals surface area (Å²) in [5.74, 6) is 1.12. The zero-order valence-electron chi connectivity index (χ0n) is 11.7. The first-order valence-electron chi connectivity index (χ1n) is 7.29. The van der Waals surface area contributed by atoms with E-state index in [1.54, 1.807) is 0 Å². The number of hydrogen-bond donors (Lipinski definition) is 0. The molecule has 1 amide bonds. The van der Waals surface area contributed by atoms with Crippen molar-refractivity contribution < 1.29 is 9.53 Å². The Bertz CT molecular complexity index is 392. The van der Waals surface area contributed by atoms with Gasteiger partial charge in [-0.15, -0.1) is 0 Å². The van der Waals surface area contributed by atoms with E-state index >= 15 is 0 Å². The van der Waals surface area contributed by atoms with Gasteiger partial charge in [0.05, 0.1) is 13.0 Å². The molecule has 0 aliphatic carbocycles. The molecule has 104 valence electrons. The van der Waals surface area contributed by atoms with Crippen LogP contribution in [0.25, 0.3) is 0 Å². The number of carbonyl (C=O) groups is 1. The molecule has 1 aliphatic heterocycles. The molecule has 0 atom stereocenters. The molecule has 0 spiro atoms. The lowest BCUT2D eigenvalue weighted by molar-refractivity contribution is -0.130. The van der Waals surface area contributed by atoms with Crippen molar-refractivity contribution in [2.45, 2.75) is 39.0 Å². The van der Waals surface area contributed by atoms with Crippen LogP contribution in [0.5, 0.6) is 5.75 Å². The minimum absolute atomic E-state index is 0.256. The average Bonchev–Trinajstić information content (AvgIpc) is 2.70. The Hall–Kier alpha value is -1.51. The van der Waals surface area contributed by atoms with Crippen molar-refractivity contribution in [2.75, 3.05) is 19.7 Å². The van der Waals surface area contributed by atoms with Crippen molar-refractivity contribution in [1.82, 2.24) is 4.90 Å². The fourth-order valence-electron chi connectivity index (χ4n) is 2.48. The van der Waals surface area contributed by atoms with E-state index in [0.717, 1.165) is 37.2 Å². The van der Waals surface area contributed by atoms with Gasteiger partial charge in [-0.25, -0.2) is 0 Å². The molecule has 0 N–H and O–H groups in total. The van der Waals surface area contributed by atoms with Gasteiger partial charge in [-0.05, 0) is 37.5 Å². The maximum absolute atomic E-state index is 12.2. The highest BCUT2D eigenvalue weighted by Gasteiger charge is 2.15. The summed E-state index contributed by atoms with van der Waals surface area (Å²) in [7, 11) is 0. The molecule has 1 saturated heterocycles. The van der Waals surface area contributed by atoms with Gasteiger partial charge in [0.1, 0.15) is 5.75 Å². The number of ether oxygens (including phenoxy) is 1. The molecule has 1 fully saturated rings. The second kappa shape index (κ2) is 7.17. The molecule has 3 nitrogen and oxygen atoms in total. The number of likely N-dealkylation sites (tertiary alicyclic amines) is 1. The van der Waals surface area contributed by atoms with Crippen LogP contribution < -0.4 is 4.74 Å². The van der Waals surface area contributed by atoms with Crippen LogP contribution in [0.4, 0.5) is 0 Å². The van der Waals surface area contributed by atoms with E-state index in [1.807, 2.05) is 36.1 Å². The maximum atomic E-state index is 12.2. The number of rotatable bonds is 4. The standard InChI is InChI=1S/C16H23NO2/c1-2-19-15-9-7-14(8-10-15)13-16(18)17-11-5-3-4-6-12-17/h7-10H,2-6,11-13H2,1H3. The van der Waals surface area contributed by atoms with Crippen LogP contribution in [-0.2, 0) is 11.2 Å². The molecule has 1 aromatic carbocycles. The third-order valence-electron chi connectivity index (χ3n) is 3.55. The van der Waals surface area contributed by atoms with Crippen molar-refractivity contribution in [3.63, 3.8) is 0 Å². The lowest BCUT2D eigenvalue weighted by Gasteiger charge is -2.20. The number of hydrogen-bond acceptors (Lipinski definition) is 2. The molecular weight excluding hydrogens is 238 g/mol. The highest BCUT2D eigenvalue weighted by atomic mass is 16.5. The Labute approximate surface area is 115 Å². The summed E-state index contributed by atoms with van der Waals surface area (Å²) in [5, 5.41) is 0. The molecule has 0 unspecified atom stereocenters. The first-order chi connectivity index (χ1) is 9.29. The second-order valence-electron chi connectivity index (χ2n) is 5.05. The molecule has 1 aliphatic rings. The third kappa shape index (κ3) is 4.27. The summed E-state index contributed by atoms with van der Waals surface area (Å²) in [6.45, 7) is 4.49. The first kappa shape index (κ1) is 13.9.